The molecule has 6 nitrogen and oxygen atoms in total. The van der Waals surface area contributed by atoms with Gasteiger partial charge in [0.15, 0.2) is 0 Å². The highest BCUT2D eigenvalue weighted by Gasteiger charge is 2.22. The maximum atomic E-state index is 12.6. The van der Waals surface area contributed by atoms with Crippen LogP contribution in [0, 0.1) is 6.92 Å². The lowest BCUT2D eigenvalue weighted by molar-refractivity contribution is -0.120. The number of rotatable bonds is 8. The molecule has 2 rings (SSSR count). The Bertz CT molecular complexity index is 930. The lowest BCUT2D eigenvalue weighted by Crippen LogP contribution is -2.41. The van der Waals surface area contributed by atoms with Crippen molar-refractivity contribution in [1.29, 1.82) is 0 Å². The fraction of sp³-hybridized carbons (Fsp3) is 0.350. The van der Waals surface area contributed by atoms with Crippen molar-refractivity contribution in [3.8, 4) is 5.75 Å². The van der Waals surface area contributed by atoms with Crippen molar-refractivity contribution >= 4 is 33.2 Å². The Morgan fingerprint density at radius 1 is 1.21 bits per heavy atom. The first-order valence-electron chi connectivity index (χ1n) is 8.83. The Balaban J connectivity index is 2.18. The Hall–Kier alpha value is -2.25. The van der Waals surface area contributed by atoms with E-state index in [1.807, 2.05) is 32.0 Å². The van der Waals surface area contributed by atoms with Gasteiger partial charge in [0.2, 0.25) is 15.9 Å². The average Bonchev–Trinajstić information content (AvgIpc) is 2.64. The molecule has 2 aromatic rings. The molecule has 0 radical (unpaired) electrons. The molecule has 0 aromatic heterocycles. The van der Waals surface area contributed by atoms with Crippen LogP contribution < -0.4 is 14.4 Å². The van der Waals surface area contributed by atoms with E-state index in [1.165, 1.54) is 0 Å². The van der Waals surface area contributed by atoms with E-state index < -0.39 is 10.0 Å². The number of carbonyl (C=O) groups excluding carboxylic acids is 1. The van der Waals surface area contributed by atoms with Gasteiger partial charge < -0.3 is 10.1 Å². The Morgan fingerprint density at radius 2 is 1.86 bits per heavy atom. The summed E-state index contributed by atoms with van der Waals surface area (Å²) in [6, 6.07) is 11.8. The molecular weight excluding hydrogens is 400 g/mol. The monoisotopic (exact) mass is 424 g/mol. The van der Waals surface area contributed by atoms with Crippen molar-refractivity contribution in [3.63, 3.8) is 0 Å². The summed E-state index contributed by atoms with van der Waals surface area (Å²) in [6.45, 7) is 3.58. The zero-order valence-corrected chi connectivity index (χ0v) is 18.0. The molecule has 28 heavy (non-hydrogen) atoms. The fourth-order valence-electron chi connectivity index (χ4n) is 2.92. The van der Waals surface area contributed by atoms with Crippen LogP contribution >= 0.6 is 11.6 Å². The van der Waals surface area contributed by atoms with E-state index in [0.29, 0.717) is 17.1 Å². The highest BCUT2D eigenvalue weighted by molar-refractivity contribution is 7.92. The molecule has 1 atom stereocenters. The number of nitrogens with zero attached hydrogens (tertiary/aromatic N) is 1. The second-order valence-electron chi connectivity index (χ2n) is 6.50. The molecule has 2 aromatic carbocycles. The number of sulfonamides is 1. The third kappa shape index (κ3) is 5.62. The lowest BCUT2D eigenvalue weighted by atomic mass is 10.0. The molecule has 0 saturated carbocycles. The van der Waals surface area contributed by atoms with Crippen molar-refractivity contribution in [3.05, 3.63) is 58.6 Å². The number of amides is 1. The van der Waals surface area contributed by atoms with E-state index in [0.717, 1.165) is 27.4 Å². The van der Waals surface area contributed by atoms with Gasteiger partial charge in [-0.3, -0.25) is 9.10 Å². The predicted octanol–water partition coefficient (Wildman–Crippen LogP) is 3.69. The first-order valence-corrected chi connectivity index (χ1v) is 11.1. The molecule has 1 N–H and O–H groups in total. The molecule has 0 aliphatic heterocycles. The van der Waals surface area contributed by atoms with E-state index in [-0.39, 0.29) is 18.5 Å². The third-order valence-electron chi connectivity index (χ3n) is 4.37. The second kappa shape index (κ2) is 9.30. The summed E-state index contributed by atoms with van der Waals surface area (Å²) in [7, 11) is -2.03. The number of aryl methyl sites for hydroxylation is 1. The third-order valence-corrected chi connectivity index (χ3v) is 5.76. The normalized spacial score (nSPS) is 12.3. The number of nitrogens with one attached hydrogen (secondary N) is 1. The maximum absolute atomic E-state index is 12.6. The van der Waals surface area contributed by atoms with Crippen molar-refractivity contribution in [2.75, 3.05) is 24.2 Å². The minimum atomic E-state index is -3.64. The fourth-order valence-corrected chi connectivity index (χ4v) is 3.90. The van der Waals surface area contributed by atoms with E-state index in [1.54, 1.807) is 31.4 Å². The van der Waals surface area contributed by atoms with Gasteiger partial charge in [-0.15, -0.1) is 0 Å². The van der Waals surface area contributed by atoms with Crippen LogP contribution in [0.25, 0.3) is 0 Å². The predicted molar refractivity (Wildman–Crippen MR) is 113 cm³/mol. The topological polar surface area (TPSA) is 75.7 Å². The highest BCUT2D eigenvalue weighted by atomic mass is 35.5. The van der Waals surface area contributed by atoms with Gasteiger partial charge in [-0.25, -0.2) is 8.42 Å². The van der Waals surface area contributed by atoms with Crippen LogP contribution in [0.1, 0.15) is 30.5 Å². The van der Waals surface area contributed by atoms with E-state index in [2.05, 4.69) is 5.32 Å². The van der Waals surface area contributed by atoms with E-state index >= 15 is 0 Å². The van der Waals surface area contributed by atoms with Gasteiger partial charge in [0.25, 0.3) is 0 Å². The molecule has 152 valence electrons. The molecule has 0 aliphatic carbocycles. The van der Waals surface area contributed by atoms with Crippen molar-refractivity contribution in [2.45, 2.75) is 26.3 Å². The van der Waals surface area contributed by atoms with Gasteiger partial charge in [-0.05, 0) is 54.8 Å². The number of anilines is 1. The lowest BCUT2D eigenvalue weighted by Gasteiger charge is -2.24. The number of carbonyl (C=O) groups is 1. The van der Waals surface area contributed by atoms with Crippen LogP contribution in [0.4, 0.5) is 5.69 Å². The van der Waals surface area contributed by atoms with Crippen molar-refractivity contribution in [2.24, 2.45) is 0 Å². The Morgan fingerprint density at radius 3 is 2.36 bits per heavy atom. The summed E-state index contributed by atoms with van der Waals surface area (Å²) in [5.41, 5.74) is 2.29. The summed E-state index contributed by atoms with van der Waals surface area (Å²) in [6.07, 6.45) is 1.73. The summed E-state index contributed by atoms with van der Waals surface area (Å²) in [5, 5.41) is 3.41. The van der Waals surface area contributed by atoms with E-state index in [9.17, 15) is 13.2 Å². The summed E-state index contributed by atoms with van der Waals surface area (Å²) >= 11 is 5.87. The van der Waals surface area contributed by atoms with Gasteiger partial charge in [0.1, 0.15) is 12.3 Å². The maximum Gasteiger partial charge on any atom is 0.241 e. The molecule has 0 spiro atoms. The van der Waals surface area contributed by atoms with Crippen LogP contribution in [0.3, 0.4) is 0 Å². The first-order chi connectivity index (χ1) is 13.2. The molecule has 1 amide bonds. The molecular formula is C20H25ClN2O4S. The molecule has 0 unspecified atom stereocenters. The number of hydrogen-bond acceptors (Lipinski definition) is 4. The average molecular weight is 425 g/mol. The minimum Gasteiger partial charge on any atom is -0.496 e. The highest BCUT2D eigenvalue weighted by Crippen LogP contribution is 2.25. The van der Waals surface area contributed by atoms with Crippen molar-refractivity contribution in [1.82, 2.24) is 5.32 Å². The first kappa shape index (κ1) is 22.0. The van der Waals surface area contributed by atoms with Crippen LogP contribution in [0.2, 0.25) is 5.02 Å². The number of benzene rings is 2. The number of ether oxygens (including phenoxy) is 1. The largest absolute Gasteiger partial charge is 0.496 e. The number of hydrogen-bond donors (Lipinski definition) is 1. The summed E-state index contributed by atoms with van der Waals surface area (Å²) in [4.78, 5) is 12.6. The minimum absolute atomic E-state index is 0.233. The van der Waals surface area contributed by atoms with Gasteiger partial charge >= 0.3 is 0 Å². The quantitative estimate of drug-likeness (QED) is 0.701. The summed E-state index contributed by atoms with van der Waals surface area (Å²) < 4.78 is 30.7. The van der Waals surface area contributed by atoms with Crippen LogP contribution in [-0.4, -0.2) is 34.2 Å². The standard InChI is InChI=1S/C20H25ClN2O4S/c1-5-18(15-6-11-19(27-3)14(2)12-15)22-20(24)13-23(28(4,25)26)17-9-7-16(21)8-10-17/h6-12,18H,5,13H2,1-4H3,(H,22,24)/t18-/m1/s1. The SMILES string of the molecule is CC[C@@H](NC(=O)CN(c1ccc(Cl)cc1)S(C)(=O)=O)c1ccc(OC)c(C)c1. The van der Waals surface area contributed by atoms with Gasteiger partial charge in [0, 0.05) is 5.02 Å². The smallest absolute Gasteiger partial charge is 0.241 e. The summed E-state index contributed by atoms with van der Waals surface area (Å²) in [5.74, 6) is 0.386. The molecule has 8 heteroatoms. The van der Waals surface area contributed by atoms with Crippen molar-refractivity contribution < 1.29 is 17.9 Å². The van der Waals surface area contributed by atoms with Crippen LogP contribution in [0.5, 0.6) is 5.75 Å². The zero-order valence-electron chi connectivity index (χ0n) is 16.4. The zero-order chi connectivity index (χ0) is 20.9. The molecule has 0 fully saturated rings. The molecule has 0 heterocycles. The second-order valence-corrected chi connectivity index (χ2v) is 8.85. The molecule has 0 aliphatic rings. The van der Waals surface area contributed by atoms with Gasteiger partial charge in [-0.2, -0.15) is 0 Å². The Labute approximate surface area is 171 Å². The number of halogens is 1. The van der Waals surface area contributed by atoms with Crippen LogP contribution in [0.15, 0.2) is 42.5 Å². The van der Waals surface area contributed by atoms with Gasteiger partial charge in [-0.1, -0.05) is 30.7 Å². The number of methoxy groups -OCH3 is 1. The van der Waals surface area contributed by atoms with E-state index in [4.69, 9.17) is 16.3 Å². The Kier molecular flexibility index (Phi) is 7.32. The van der Waals surface area contributed by atoms with Crippen LogP contribution in [-0.2, 0) is 14.8 Å². The molecule has 0 bridgehead atoms. The van der Waals surface area contributed by atoms with Gasteiger partial charge in [0.05, 0.1) is 25.1 Å². The molecule has 0 saturated heterocycles.